The van der Waals surface area contributed by atoms with E-state index in [2.05, 4.69) is 68.2 Å². The standard InChI is InChI=1S/C16H24N4/c1-12-7-6-8-13(2)14(12)10-20-15(17-11-19-20)9-18-16(3,4)5/h6-8,11,18H,9-10H2,1-5H3. The first-order valence-electron chi connectivity index (χ1n) is 7.03. The van der Waals surface area contributed by atoms with E-state index in [1.807, 2.05) is 4.68 Å². The minimum Gasteiger partial charge on any atom is -0.305 e. The summed E-state index contributed by atoms with van der Waals surface area (Å²) in [4.78, 5) is 4.36. The predicted octanol–water partition coefficient (Wildman–Crippen LogP) is 2.83. The molecule has 0 amide bonds. The maximum Gasteiger partial charge on any atom is 0.141 e. The first-order valence-corrected chi connectivity index (χ1v) is 7.03. The molecule has 0 fully saturated rings. The molecule has 4 nitrogen and oxygen atoms in total. The second kappa shape index (κ2) is 5.75. The van der Waals surface area contributed by atoms with Gasteiger partial charge in [0.2, 0.25) is 0 Å². The molecule has 0 aliphatic heterocycles. The van der Waals surface area contributed by atoms with Crippen molar-refractivity contribution in [3.63, 3.8) is 0 Å². The fourth-order valence-corrected chi connectivity index (χ4v) is 2.15. The number of aromatic nitrogens is 3. The number of benzene rings is 1. The van der Waals surface area contributed by atoms with Crippen LogP contribution in [0.1, 0.15) is 43.3 Å². The van der Waals surface area contributed by atoms with Gasteiger partial charge in [-0.1, -0.05) is 18.2 Å². The minimum absolute atomic E-state index is 0.0787. The lowest BCUT2D eigenvalue weighted by Gasteiger charge is -2.20. The molecular weight excluding hydrogens is 248 g/mol. The maximum absolute atomic E-state index is 4.36. The summed E-state index contributed by atoms with van der Waals surface area (Å²) in [5.41, 5.74) is 4.01. The number of aryl methyl sites for hydroxylation is 2. The van der Waals surface area contributed by atoms with Crippen LogP contribution in [0.2, 0.25) is 0 Å². The summed E-state index contributed by atoms with van der Waals surface area (Å²) in [6.07, 6.45) is 1.63. The largest absolute Gasteiger partial charge is 0.305 e. The molecule has 20 heavy (non-hydrogen) atoms. The summed E-state index contributed by atoms with van der Waals surface area (Å²) in [6, 6.07) is 6.39. The summed E-state index contributed by atoms with van der Waals surface area (Å²) >= 11 is 0. The van der Waals surface area contributed by atoms with Crippen LogP contribution in [0.4, 0.5) is 0 Å². The van der Waals surface area contributed by atoms with Crippen LogP contribution in [0.5, 0.6) is 0 Å². The molecule has 0 saturated heterocycles. The van der Waals surface area contributed by atoms with Crippen molar-refractivity contribution in [3.05, 3.63) is 47.0 Å². The second-order valence-electron chi connectivity index (χ2n) is 6.31. The summed E-state index contributed by atoms with van der Waals surface area (Å²) in [5.74, 6) is 0.975. The van der Waals surface area contributed by atoms with Crippen LogP contribution in [-0.4, -0.2) is 20.3 Å². The van der Waals surface area contributed by atoms with Crippen LogP contribution in [-0.2, 0) is 13.1 Å². The number of nitrogens with one attached hydrogen (secondary N) is 1. The van der Waals surface area contributed by atoms with Gasteiger partial charge in [-0.25, -0.2) is 9.67 Å². The smallest absolute Gasteiger partial charge is 0.141 e. The molecule has 1 aromatic carbocycles. The summed E-state index contributed by atoms with van der Waals surface area (Å²) < 4.78 is 1.98. The molecule has 2 rings (SSSR count). The first kappa shape index (κ1) is 14.7. The monoisotopic (exact) mass is 272 g/mol. The van der Waals surface area contributed by atoms with Crippen molar-refractivity contribution in [2.75, 3.05) is 0 Å². The molecule has 0 atom stereocenters. The summed E-state index contributed by atoms with van der Waals surface area (Å²) in [7, 11) is 0. The molecule has 2 aromatic rings. The molecule has 0 aliphatic rings. The van der Waals surface area contributed by atoms with Crippen molar-refractivity contribution < 1.29 is 0 Å². The minimum atomic E-state index is 0.0787. The lowest BCUT2D eigenvalue weighted by atomic mass is 10.0. The second-order valence-corrected chi connectivity index (χ2v) is 6.31. The van der Waals surface area contributed by atoms with Gasteiger partial charge >= 0.3 is 0 Å². The molecule has 1 aromatic heterocycles. The lowest BCUT2D eigenvalue weighted by molar-refractivity contribution is 0.410. The van der Waals surface area contributed by atoms with Crippen molar-refractivity contribution in [1.29, 1.82) is 0 Å². The average molecular weight is 272 g/mol. The molecule has 1 N–H and O–H groups in total. The highest BCUT2D eigenvalue weighted by Crippen LogP contribution is 2.15. The van der Waals surface area contributed by atoms with Gasteiger partial charge in [-0.05, 0) is 51.3 Å². The van der Waals surface area contributed by atoms with Crippen LogP contribution < -0.4 is 5.32 Å². The molecule has 4 heteroatoms. The Morgan fingerprint density at radius 1 is 1.15 bits per heavy atom. The van der Waals surface area contributed by atoms with E-state index >= 15 is 0 Å². The Labute approximate surface area is 121 Å². The van der Waals surface area contributed by atoms with E-state index in [1.54, 1.807) is 6.33 Å². The van der Waals surface area contributed by atoms with Crippen molar-refractivity contribution in [2.24, 2.45) is 0 Å². The Bertz CT molecular complexity index is 558. The van der Waals surface area contributed by atoms with Crippen molar-refractivity contribution in [1.82, 2.24) is 20.1 Å². The molecule has 0 unspecified atom stereocenters. The third-order valence-electron chi connectivity index (χ3n) is 3.42. The van der Waals surface area contributed by atoms with E-state index in [0.29, 0.717) is 0 Å². The molecule has 0 aliphatic carbocycles. The molecule has 0 spiro atoms. The molecule has 108 valence electrons. The van der Waals surface area contributed by atoms with Crippen molar-refractivity contribution in [3.8, 4) is 0 Å². The first-order chi connectivity index (χ1) is 9.37. The summed E-state index contributed by atoms with van der Waals surface area (Å²) in [6.45, 7) is 12.3. The van der Waals surface area contributed by atoms with Gasteiger partial charge in [0, 0.05) is 5.54 Å². The van der Waals surface area contributed by atoms with E-state index in [4.69, 9.17) is 0 Å². The van der Waals surface area contributed by atoms with Crippen molar-refractivity contribution >= 4 is 0 Å². The van der Waals surface area contributed by atoms with Crippen molar-refractivity contribution in [2.45, 2.75) is 53.2 Å². The average Bonchev–Trinajstić information content (AvgIpc) is 2.78. The van der Waals surface area contributed by atoms with E-state index in [1.165, 1.54) is 16.7 Å². The van der Waals surface area contributed by atoms with Crippen LogP contribution in [0.3, 0.4) is 0 Å². The van der Waals surface area contributed by atoms with Crippen LogP contribution in [0.15, 0.2) is 24.5 Å². The lowest BCUT2D eigenvalue weighted by Crippen LogP contribution is -2.36. The van der Waals surface area contributed by atoms with E-state index in [0.717, 1.165) is 18.9 Å². The van der Waals surface area contributed by atoms with E-state index < -0.39 is 0 Å². The number of hydrogen-bond acceptors (Lipinski definition) is 3. The van der Waals surface area contributed by atoms with Gasteiger partial charge in [0.1, 0.15) is 12.2 Å². The molecule has 0 saturated carbocycles. The van der Waals surface area contributed by atoms with Crippen LogP contribution in [0, 0.1) is 13.8 Å². The van der Waals surface area contributed by atoms with Gasteiger partial charge in [-0.3, -0.25) is 0 Å². The van der Waals surface area contributed by atoms with Crippen LogP contribution >= 0.6 is 0 Å². The zero-order valence-corrected chi connectivity index (χ0v) is 13.1. The molecule has 0 radical (unpaired) electrons. The number of hydrogen-bond donors (Lipinski definition) is 1. The molecule has 1 heterocycles. The Morgan fingerprint density at radius 3 is 2.40 bits per heavy atom. The molecule has 0 bridgehead atoms. The van der Waals surface area contributed by atoms with Gasteiger partial charge in [0.15, 0.2) is 0 Å². The van der Waals surface area contributed by atoms with Gasteiger partial charge < -0.3 is 5.32 Å². The van der Waals surface area contributed by atoms with Gasteiger partial charge in [0.25, 0.3) is 0 Å². The van der Waals surface area contributed by atoms with E-state index in [-0.39, 0.29) is 5.54 Å². The highest BCUT2D eigenvalue weighted by Gasteiger charge is 2.12. The Hall–Kier alpha value is -1.68. The number of nitrogens with zero attached hydrogens (tertiary/aromatic N) is 3. The fraction of sp³-hybridized carbons (Fsp3) is 0.500. The predicted molar refractivity (Wildman–Crippen MR) is 81.6 cm³/mol. The Balaban J connectivity index is 2.17. The fourth-order valence-electron chi connectivity index (χ4n) is 2.15. The topological polar surface area (TPSA) is 42.7 Å². The van der Waals surface area contributed by atoms with Gasteiger partial charge in [0.05, 0.1) is 13.1 Å². The SMILES string of the molecule is Cc1cccc(C)c1Cn1ncnc1CNC(C)(C)C. The van der Waals surface area contributed by atoms with E-state index in [9.17, 15) is 0 Å². The maximum atomic E-state index is 4.36. The normalized spacial score (nSPS) is 11.8. The molecular formula is C16H24N4. The van der Waals surface area contributed by atoms with Crippen LogP contribution in [0.25, 0.3) is 0 Å². The van der Waals surface area contributed by atoms with Gasteiger partial charge in [-0.15, -0.1) is 0 Å². The van der Waals surface area contributed by atoms with Gasteiger partial charge in [-0.2, -0.15) is 5.10 Å². The summed E-state index contributed by atoms with van der Waals surface area (Å²) in [5, 5.41) is 7.82. The third kappa shape index (κ3) is 3.67. The number of rotatable bonds is 4. The zero-order valence-electron chi connectivity index (χ0n) is 13.1. The highest BCUT2D eigenvalue weighted by atomic mass is 15.3. The quantitative estimate of drug-likeness (QED) is 0.930. The zero-order chi connectivity index (χ0) is 14.8. The third-order valence-corrected chi connectivity index (χ3v) is 3.42. The Morgan fingerprint density at radius 2 is 1.80 bits per heavy atom. The Kier molecular flexibility index (Phi) is 4.23. The highest BCUT2D eigenvalue weighted by molar-refractivity contribution is 5.33.